The highest BCUT2D eigenvalue weighted by Crippen LogP contribution is 2.16. The van der Waals surface area contributed by atoms with Gasteiger partial charge in [-0.05, 0) is 43.2 Å². The fourth-order valence-corrected chi connectivity index (χ4v) is 2.21. The minimum Gasteiger partial charge on any atom is -0.459 e. The van der Waals surface area contributed by atoms with Gasteiger partial charge in [-0.25, -0.2) is 4.39 Å². The van der Waals surface area contributed by atoms with Gasteiger partial charge in [-0.1, -0.05) is 12.1 Å². The summed E-state index contributed by atoms with van der Waals surface area (Å²) < 4.78 is 18.7. The number of guanidine groups is 1. The maximum Gasteiger partial charge on any atom is 0.287 e. The van der Waals surface area contributed by atoms with Gasteiger partial charge in [-0.2, -0.15) is 0 Å². The van der Waals surface area contributed by atoms with Crippen LogP contribution in [-0.2, 0) is 0 Å². The Morgan fingerprint density at radius 1 is 1.27 bits per heavy atom. The summed E-state index contributed by atoms with van der Waals surface area (Å²) in [6.07, 6.45) is 1.45. The van der Waals surface area contributed by atoms with E-state index in [-0.39, 0.29) is 47.5 Å². The van der Waals surface area contributed by atoms with E-state index in [9.17, 15) is 9.18 Å². The zero-order chi connectivity index (χ0) is 18.2. The molecule has 0 aliphatic rings. The third kappa shape index (κ3) is 6.32. The maximum absolute atomic E-state index is 13.7. The van der Waals surface area contributed by atoms with Crippen molar-refractivity contribution >= 4 is 35.8 Å². The lowest BCUT2D eigenvalue weighted by atomic mass is 10.1. The van der Waals surface area contributed by atoms with Crippen molar-refractivity contribution in [3.8, 4) is 0 Å². The second-order valence-corrected chi connectivity index (χ2v) is 5.61. The van der Waals surface area contributed by atoms with Gasteiger partial charge in [0.05, 0.1) is 12.3 Å². The summed E-state index contributed by atoms with van der Waals surface area (Å²) in [4.78, 5) is 15.9. The molecule has 0 bridgehead atoms. The number of nitrogens with zero attached hydrogens (tertiary/aromatic N) is 1. The van der Waals surface area contributed by atoms with E-state index in [1.807, 2.05) is 13.0 Å². The smallest absolute Gasteiger partial charge is 0.287 e. The minimum absolute atomic E-state index is 0. The maximum atomic E-state index is 13.7. The summed E-state index contributed by atoms with van der Waals surface area (Å²) in [6, 6.07) is 8.30. The van der Waals surface area contributed by atoms with Gasteiger partial charge < -0.3 is 20.4 Å². The van der Waals surface area contributed by atoms with Crippen molar-refractivity contribution in [2.75, 3.05) is 20.1 Å². The van der Waals surface area contributed by atoms with Gasteiger partial charge in [0.2, 0.25) is 0 Å². The number of carbonyl (C=O) groups is 1. The Balaban J connectivity index is 0.00000338. The summed E-state index contributed by atoms with van der Waals surface area (Å²) in [5.74, 6) is 0.353. The number of hydrogen-bond acceptors (Lipinski definition) is 3. The molecule has 0 aliphatic heterocycles. The number of halogens is 2. The van der Waals surface area contributed by atoms with Gasteiger partial charge in [0, 0.05) is 20.1 Å². The van der Waals surface area contributed by atoms with Gasteiger partial charge in [0.1, 0.15) is 5.82 Å². The van der Waals surface area contributed by atoms with E-state index in [0.29, 0.717) is 24.6 Å². The van der Waals surface area contributed by atoms with Crippen LogP contribution in [0.3, 0.4) is 0 Å². The summed E-state index contributed by atoms with van der Waals surface area (Å²) in [7, 11) is 1.65. The van der Waals surface area contributed by atoms with E-state index in [2.05, 4.69) is 20.9 Å². The highest BCUT2D eigenvalue weighted by Gasteiger charge is 2.10. The number of aryl methyl sites for hydroxylation is 1. The van der Waals surface area contributed by atoms with Crippen molar-refractivity contribution in [2.24, 2.45) is 4.99 Å². The zero-order valence-electron chi connectivity index (χ0n) is 15.0. The van der Waals surface area contributed by atoms with Crippen LogP contribution in [0.5, 0.6) is 0 Å². The van der Waals surface area contributed by atoms with Crippen LogP contribution >= 0.6 is 24.0 Å². The molecule has 8 heteroatoms. The Labute approximate surface area is 169 Å². The first-order chi connectivity index (χ1) is 12.0. The number of hydrogen-bond donors (Lipinski definition) is 3. The second kappa shape index (κ2) is 10.8. The van der Waals surface area contributed by atoms with Crippen molar-refractivity contribution in [1.29, 1.82) is 0 Å². The normalized spacial score (nSPS) is 12.1. The molecule has 1 unspecified atom stereocenters. The molecule has 1 amide bonds. The number of carbonyl (C=O) groups excluding carboxylic acids is 1. The molecule has 3 N–H and O–H groups in total. The first-order valence-corrected chi connectivity index (χ1v) is 8.06. The lowest BCUT2D eigenvalue weighted by Crippen LogP contribution is -2.42. The molecule has 0 spiro atoms. The third-order valence-corrected chi connectivity index (χ3v) is 3.72. The topological polar surface area (TPSA) is 78.7 Å². The molecule has 1 aromatic carbocycles. The Hall–Kier alpha value is -2.10. The van der Waals surface area contributed by atoms with Crippen LogP contribution in [0.1, 0.15) is 34.6 Å². The van der Waals surface area contributed by atoms with E-state index in [0.717, 1.165) is 5.56 Å². The van der Waals surface area contributed by atoms with Crippen LogP contribution in [0.2, 0.25) is 0 Å². The quantitative estimate of drug-likeness (QED) is 0.261. The van der Waals surface area contributed by atoms with Crippen LogP contribution in [0.15, 0.2) is 46.0 Å². The Morgan fingerprint density at radius 3 is 2.62 bits per heavy atom. The number of amides is 1. The average Bonchev–Trinajstić information content (AvgIpc) is 3.14. The number of aliphatic imine (C=N–C) groups is 1. The number of nitrogens with one attached hydrogen (secondary N) is 3. The van der Waals surface area contributed by atoms with Crippen molar-refractivity contribution in [2.45, 2.75) is 19.9 Å². The number of furan rings is 1. The van der Waals surface area contributed by atoms with Crippen molar-refractivity contribution in [1.82, 2.24) is 16.0 Å². The van der Waals surface area contributed by atoms with Crippen molar-refractivity contribution in [3.05, 3.63) is 59.3 Å². The summed E-state index contributed by atoms with van der Waals surface area (Å²) in [5, 5.41) is 9.02. The predicted octanol–water partition coefficient (Wildman–Crippen LogP) is 3.00. The van der Waals surface area contributed by atoms with Crippen LogP contribution < -0.4 is 16.0 Å². The fourth-order valence-electron chi connectivity index (χ4n) is 2.21. The molecule has 0 saturated carbocycles. The van der Waals surface area contributed by atoms with Gasteiger partial charge in [-0.3, -0.25) is 9.79 Å². The van der Waals surface area contributed by atoms with Crippen LogP contribution in [-0.4, -0.2) is 32.0 Å². The standard InChI is InChI=1S/C18H23FN4O2.HI/c1-12-6-7-14(11-15(12)19)13(2)23-18(20-3)22-9-8-21-17(24)16-5-4-10-25-16;/h4-7,10-11,13H,8-9H2,1-3H3,(H,21,24)(H2,20,22,23);1H. The minimum atomic E-state index is -0.266. The third-order valence-electron chi connectivity index (χ3n) is 3.72. The summed E-state index contributed by atoms with van der Waals surface area (Å²) in [6.45, 7) is 4.55. The molecule has 0 saturated heterocycles. The summed E-state index contributed by atoms with van der Waals surface area (Å²) in [5.41, 5.74) is 1.45. The molecule has 0 aliphatic carbocycles. The fraction of sp³-hybridized carbons (Fsp3) is 0.333. The SMILES string of the molecule is CN=C(NCCNC(=O)c1ccco1)NC(C)c1ccc(C)c(F)c1.I. The molecule has 1 heterocycles. The van der Waals surface area contributed by atoms with Crippen LogP contribution in [0.4, 0.5) is 4.39 Å². The lowest BCUT2D eigenvalue weighted by molar-refractivity contribution is 0.0926. The first kappa shape index (κ1) is 21.9. The van der Waals surface area contributed by atoms with Gasteiger partial charge in [-0.15, -0.1) is 24.0 Å². The monoisotopic (exact) mass is 474 g/mol. The first-order valence-electron chi connectivity index (χ1n) is 8.06. The molecule has 0 fully saturated rings. The van der Waals surface area contributed by atoms with Gasteiger partial charge >= 0.3 is 0 Å². The van der Waals surface area contributed by atoms with Crippen molar-refractivity contribution < 1.29 is 13.6 Å². The lowest BCUT2D eigenvalue weighted by Gasteiger charge is -2.18. The molecule has 0 radical (unpaired) electrons. The molecular weight excluding hydrogens is 450 g/mol. The van der Waals surface area contributed by atoms with E-state index < -0.39 is 0 Å². The molecule has 2 aromatic rings. The van der Waals surface area contributed by atoms with E-state index in [1.54, 1.807) is 32.2 Å². The van der Waals surface area contributed by atoms with Crippen LogP contribution in [0.25, 0.3) is 0 Å². The molecule has 1 aromatic heterocycles. The predicted molar refractivity (Wildman–Crippen MR) is 111 cm³/mol. The van der Waals surface area contributed by atoms with E-state index in [1.165, 1.54) is 12.3 Å². The molecule has 6 nitrogen and oxygen atoms in total. The highest BCUT2D eigenvalue weighted by molar-refractivity contribution is 14.0. The summed E-state index contributed by atoms with van der Waals surface area (Å²) >= 11 is 0. The van der Waals surface area contributed by atoms with Gasteiger partial charge in [0.15, 0.2) is 11.7 Å². The van der Waals surface area contributed by atoms with Crippen LogP contribution in [0, 0.1) is 12.7 Å². The van der Waals surface area contributed by atoms with Gasteiger partial charge in [0.25, 0.3) is 5.91 Å². The average molecular weight is 474 g/mol. The largest absolute Gasteiger partial charge is 0.459 e. The molecule has 2 rings (SSSR count). The number of benzene rings is 1. The number of rotatable bonds is 6. The Kier molecular flexibility index (Phi) is 9.11. The second-order valence-electron chi connectivity index (χ2n) is 5.61. The van der Waals surface area contributed by atoms with Crippen molar-refractivity contribution in [3.63, 3.8) is 0 Å². The molecule has 26 heavy (non-hydrogen) atoms. The Morgan fingerprint density at radius 2 is 2.00 bits per heavy atom. The molecule has 1 atom stereocenters. The van der Waals surface area contributed by atoms with E-state index >= 15 is 0 Å². The Bertz CT molecular complexity index is 735. The molecular formula is C18H24FIN4O2. The highest BCUT2D eigenvalue weighted by atomic mass is 127. The zero-order valence-corrected chi connectivity index (χ0v) is 17.3. The molecule has 142 valence electrons. The van der Waals surface area contributed by atoms with E-state index in [4.69, 9.17) is 4.42 Å².